The van der Waals surface area contributed by atoms with E-state index in [0.29, 0.717) is 6.54 Å². The highest BCUT2D eigenvalue weighted by molar-refractivity contribution is 9.10. The number of aliphatic hydroxyl groups is 1. The maximum Gasteiger partial charge on any atom is 0.223 e. The lowest BCUT2D eigenvalue weighted by atomic mass is 9.87. The molecule has 1 heterocycles. The van der Waals surface area contributed by atoms with Crippen molar-refractivity contribution in [2.45, 2.75) is 38.3 Å². The zero-order valence-corrected chi connectivity index (χ0v) is 11.9. The van der Waals surface area contributed by atoms with E-state index >= 15 is 0 Å². The Kier molecular flexibility index (Phi) is 4.59. The van der Waals surface area contributed by atoms with Crippen LogP contribution in [0.15, 0.2) is 15.9 Å². The first-order valence-electron chi connectivity index (χ1n) is 5.84. The largest absolute Gasteiger partial charge is 0.393 e. The number of amides is 1. The highest BCUT2D eigenvalue weighted by atomic mass is 79.9. The number of thiophene rings is 1. The molecule has 1 aliphatic rings. The van der Waals surface area contributed by atoms with Crippen LogP contribution in [0.1, 0.15) is 30.6 Å². The lowest BCUT2D eigenvalue weighted by molar-refractivity contribution is -0.126. The summed E-state index contributed by atoms with van der Waals surface area (Å²) in [7, 11) is 0. The third kappa shape index (κ3) is 3.79. The summed E-state index contributed by atoms with van der Waals surface area (Å²) in [5.41, 5.74) is 0. The highest BCUT2D eigenvalue weighted by Gasteiger charge is 2.24. The molecule has 2 N–H and O–H groups in total. The van der Waals surface area contributed by atoms with Crippen LogP contribution >= 0.6 is 27.3 Å². The van der Waals surface area contributed by atoms with Crippen LogP contribution in [0.2, 0.25) is 0 Å². The number of carbonyl (C=O) groups excluding carboxylic acids is 1. The third-order valence-corrected chi connectivity index (χ3v) is 4.82. The average molecular weight is 318 g/mol. The Hall–Kier alpha value is -0.390. The van der Waals surface area contributed by atoms with E-state index in [1.807, 2.05) is 11.4 Å². The molecule has 5 heteroatoms. The van der Waals surface area contributed by atoms with Crippen molar-refractivity contribution in [2.75, 3.05) is 0 Å². The van der Waals surface area contributed by atoms with Gasteiger partial charge in [-0.2, -0.15) is 0 Å². The van der Waals surface area contributed by atoms with Crippen molar-refractivity contribution in [1.29, 1.82) is 0 Å². The van der Waals surface area contributed by atoms with Gasteiger partial charge in [0, 0.05) is 20.6 Å². The van der Waals surface area contributed by atoms with E-state index in [-0.39, 0.29) is 17.9 Å². The molecular formula is C12H16BrNO2S. The summed E-state index contributed by atoms with van der Waals surface area (Å²) in [5.74, 6) is 0.211. The quantitative estimate of drug-likeness (QED) is 0.900. The average Bonchev–Trinajstić information content (AvgIpc) is 2.73. The minimum atomic E-state index is -0.202. The van der Waals surface area contributed by atoms with E-state index < -0.39 is 0 Å². The van der Waals surface area contributed by atoms with Gasteiger partial charge in [0.05, 0.1) is 12.6 Å². The van der Waals surface area contributed by atoms with Crippen molar-refractivity contribution in [3.05, 3.63) is 20.8 Å². The number of aliphatic hydroxyl groups excluding tert-OH is 1. The van der Waals surface area contributed by atoms with Gasteiger partial charge in [0.2, 0.25) is 5.91 Å². The van der Waals surface area contributed by atoms with Gasteiger partial charge in [-0.1, -0.05) is 0 Å². The zero-order chi connectivity index (χ0) is 12.3. The fourth-order valence-electron chi connectivity index (χ4n) is 2.10. The first kappa shape index (κ1) is 13.1. The summed E-state index contributed by atoms with van der Waals surface area (Å²) < 4.78 is 1.06. The van der Waals surface area contributed by atoms with Crippen LogP contribution in [0, 0.1) is 5.92 Å². The van der Waals surface area contributed by atoms with Gasteiger partial charge >= 0.3 is 0 Å². The molecule has 0 unspecified atom stereocenters. The van der Waals surface area contributed by atoms with Crippen LogP contribution in [0.3, 0.4) is 0 Å². The van der Waals surface area contributed by atoms with Crippen molar-refractivity contribution < 1.29 is 9.90 Å². The summed E-state index contributed by atoms with van der Waals surface area (Å²) in [4.78, 5) is 13.0. The second-order valence-electron chi connectivity index (χ2n) is 4.45. The van der Waals surface area contributed by atoms with Gasteiger partial charge < -0.3 is 10.4 Å². The lowest BCUT2D eigenvalue weighted by Gasteiger charge is -2.24. The molecule has 0 radical (unpaired) electrons. The van der Waals surface area contributed by atoms with E-state index in [1.54, 1.807) is 11.3 Å². The van der Waals surface area contributed by atoms with Crippen molar-refractivity contribution in [2.24, 2.45) is 5.92 Å². The molecule has 0 spiro atoms. The summed E-state index contributed by atoms with van der Waals surface area (Å²) in [5, 5.41) is 14.4. The van der Waals surface area contributed by atoms with Crippen LogP contribution in [0.5, 0.6) is 0 Å². The molecule has 0 saturated heterocycles. The number of hydrogen-bond acceptors (Lipinski definition) is 3. The summed E-state index contributed by atoms with van der Waals surface area (Å²) >= 11 is 5.03. The van der Waals surface area contributed by atoms with E-state index in [2.05, 4.69) is 21.2 Å². The van der Waals surface area contributed by atoms with Crippen molar-refractivity contribution >= 4 is 33.2 Å². The van der Waals surface area contributed by atoms with E-state index in [1.165, 1.54) is 0 Å². The predicted molar refractivity (Wildman–Crippen MR) is 71.8 cm³/mol. The standard InChI is InChI=1S/C12H16BrNO2S/c13-9-5-11(17-7-9)6-14-12(16)8-1-3-10(15)4-2-8/h5,7-8,10,15H,1-4,6H2,(H,14,16). The second-order valence-corrected chi connectivity index (χ2v) is 6.37. The highest BCUT2D eigenvalue weighted by Crippen LogP contribution is 2.24. The Balaban J connectivity index is 1.77. The summed E-state index contributed by atoms with van der Waals surface area (Å²) in [6.07, 6.45) is 2.92. The molecule has 3 nitrogen and oxygen atoms in total. The predicted octanol–water partition coefficient (Wildman–Crippen LogP) is 2.68. The van der Waals surface area contributed by atoms with E-state index in [4.69, 9.17) is 0 Å². The number of nitrogens with one attached hydrogen (secondary N) is 1. The molecule has 1 saturated carbocycles. The molecule has 1 fully saturated rings. The van der Waals surface area contributed by atoms with Crippen LogP contribution in [-0.2, 0) is 11.3 Å². The maximum absolute atomic E-state index is 11.9. The maximum atomic E-state index is 11.9. The minimum absolute atomic E-state index is 0.0850. The van der Waals surface area contributed by atoms with Gasteiger partial charge in [-0.3, -0.25) is 4.79 Å². The van der Waals surface area contributed by atoms with E-state index in [9.17, 15) is 9.90 Å². The number of carbonyl (C=O) groups is 1. The molecule has 1 aromatic heterocycles. The van der Waals surface area contributed by atoms with Gasteiger partial charge in [-0.15, -0.1) is 11.3 Å². The molecule has 0 aromatic carbocycles. The lowest BCUT2D eigenvalue weighted by Crippen LogP contribution is -2.33. The van der Waals surface area contributed by atoms with Crippen LogP contribution in [0.4, 0.5) is 0 Å². The Morgan fingerprint density at radius 1 is 1.47 bits per heavy atom. The smallest absolute Gasteiger partial charge is 0.223 e. The van der Waals surface area contributed by atoms with Gasteiger partial charge in [0.25, 0.3) is 0 Å². The first-order valence-corrected chi connectivity index (χ1v) is 7.51. The van der Waals surface area contributed by atoms with Crippen LogP contribution in [0.25, 0.3) is 0 Å². The fourth-order valence-corrected chi connectivity index (χ4v) is 3.49. The Bertz CT molecular complexity index is 386. The van der Waals surface area contributed by atoms with Crippen molar-refractivity contribution in [3.63, 3.8) is 0 Å². The van der Waals surface area contributed by atoms with Crippen LogP contribution in [-0.4, -0.2) is 17.1 Å². The molecule has 0 aliphatic heterocycles. The second kappa shape index (κ2) is 5.98. The molecule has 1 aliphatic carbocycles. The molecule has 0 atom stereocenters. The van der Waals surface area contributed by atoms with Gasteiger partial charge in [-0.05, 0) is 47.7 Å². The normalized spacial score (nSPS) is 24.6. The summed E-state index contributed by atoms with van der Waals surface area (Å²) in [6.45, 7) is 0.605. The number of halogens is 1. The number of rotatable bonds is 3. The molecular weight excluding hydrogens is 302 g/mol. The SMILES string of the molecule is O=C(NCc1cc(Br)cs1)C1CCC(O)CC1. The molecule has 1 amide bonds. The Labute approximate surface area is 113 Å². The molecule has 94 valence electrons. The fraction of sp³-hybridized carbons (Fsp3) is 0.583. The molecule has 1 aromatic rings. The molecule has 2 rings (SSSR count). The topological polar surface area (TPSA) is 49.3 Å². The van der Waals surface area contributed by atoms with Gasteiger partial charge in [0.1, 0.15) is 0 Å². The van der Waals surface area contributed by atoms with Crippen molar-refractivity contribution in [1.82, 2.24) is 5.32 Å². The Morgan fingerprint density at radius 2 is 2.18 bits per heavy atom. The van der Waals surface area contributed by atoms with Gasteiger partial charge in [0.15, 0.2) is 0 Å². The van der Waals surface area contributed by atoms with Crippen LogP contribution < -0.4 is 5.32 Å². The monoisotopic (exact) mass is 317 g/mol. The van der Waals surface area contributed by atoms with Gasteiger partial charge in [-0.25, -0.2) is 0 Å². The van der Waals surface area contributed by atoms with E-state index in [0.717, 1.165) is 35.0 Å². The van der Waals surface area contributed by atoms with Crippen molar-refractivity contribution in [3.8, 4) is 0 Å². The molecule has 0 bridgehead atoms. The minimum Gasteiger partial charge on any atom is -0.393 e. The third-order valence-electron chi connectivity index (χ3n) is 3.13. The Morgan fingerprint density at radius 3 is 2.76 bits per heavy atom. The first-order chi connectivity index (χ1) is 8.15. The number of hydrogen-bond donors (Lipinski definition) is 2. The zero-order valence-electron chi connectivity index (χ0n) is 9.49. The molecule has 17 heavy (non-hydrogen) atoms. The summed E-state index contributed by atoms with van der Waals surface area (Å²) in [6, 6.07) is 2.02.